The van der Waals surface area contributed by atoms with Gasteiger partial charge in [-0.05, 0) is 24.6 Å². The first-order chi connectivity index (χ1) is 15.7. The summed E-state index contributed by atoms with van der Waals surface area (Å²) in [4.78, 5) is 21.0. The normalized spacial score (nSPS) is 11.2. The summed E-state index contributed by atoms with van der Waals surface area (Å²) >= 11 is 2.78. The van der Waals surface area contributed by atoms with Gasteiger partial charge in [-0.25, -0.2) is 4.98 Å². The number of thioether (sulfide) groups is 1. The Hall–Kier alpha value is -3.43. The van der Waals surface area contributed by atoms with E-state index in [-0.39, 0.29) is 5.56 Å². The maximum atomic E-state index is 12.8. The number of aromatic nitrogens is 4. The van der Waals surface area contributed by atoms with Gasteiger partial charge in [-0.2, -0.15) is 0 Å². The lowest BCUT2D eigenvalue weighted by Crippen LogP contribution is -2.10. The number of hydrogen-bond donors (Lipinski definition) is 1. The number of nitrogens with zero attached hydrogens (tertiary/aromatic N) is 3. The number of ether oxygens (including phenoxy) is 1. The Morgan fingerprint density at radius 3 is 2.72 bits per heavy atom. The predicted molar refractivity (Wildman–Crippen MR) is 126 cm³/mol. The number of H-pyrrole nitrogens is 1. The second-order valence-electron chi connectivity index (χ2n) is 6.80. The van der Waals surface area contributed by atoms with E-state index in [0.717, 1.165) is 16.7 Å². The van der Waals surface area contributed by atoms with Crippen LogP contribution >= 0.6 is 23.1 Å². The van der Waals surface area contributed by atoms with Crippen LogP contribution in [-0.4, -0.2) is 26.8 Å². The van der Waals surface area contributed by atoms with Gasteiger partial charge in [0.2, 0.25) is 0 Å². The molecular formula is C23H18N4O3S2. The first kappa shape index (κ1) is 20.5. The van der Waals surface area contributed by atoms with E-state index in [1.807, 2.05) is 66.9 Å². The van der Waals surface area contributed by atoms with Crippen molar-refractivity contribution in [2.45, 2.75) is 17.9 Å². The number of rotatable bonds is 7. The van der Waals surface area contributed by atoms with Crippen LogP contribution in [0.25, 0.3) is 32.8 Å². The molecule has 0 atom stereocenters. The summed E-state index contributed by atoms with van der Waals surface area (Å²) in [7, 11) is 0. The first-order valence-corrected chi connectivity index (χ1v) is 11.8. The van der Waals surface area contributed by atoms with Crippen molar-refractivity contribution in [1.29, 1.82) is 0 Å². The van der Waals surface area contributed by atoms with Crippen LogP contribution < -0.4 is 10.3 Å². The van der Waals surface area contributed by atoms with Crippen molar-refractivity contribution in [2.24, 2.45) is 0 Å². The monoisotopic (exact) mass is 462 g/mol. The molecule has 0 fully saturated rings. The molecule has 0 unspecified atom stereocenters. The maximum Gasteiger partial charge on any atom is 0.277 e. The Morgan fingerprint density at radius 1 is 1.06 bits per heavy atom. The lowest BCUT2D eigenvalue weighted by atomic mass is 10.1. The van der Waals surface area contributed by atoms with E-state index < -0.39 is 0 Å². The minimum absolute atomic E-state index is 0.150. The summed E-state index contributed by atoms with van der Waals surface area (Å²) in [5, 5.41) is 11.2. The second kappa shape index (κ2) is 8.97. The average molecular weight is 463 g/mol. The van der Waals surface area contributed by atoms with Crippen molar-refractivity contribution in [3.05, 3.63) is 76.2 Å². The highest BCUT2D eigenvalue weighted by Crippen LogP contribution is 2.33. The van der Waals surface area contributed by atoms with Gasteiger partial charge in [0.1, 0.15) is 16.4 Å². The summed E-state index contributed by atoms with van der Waals surface area (Å²) in [5.74, 6) is 2.04. The number of benzene rings is 2. The van der Waals surface area contributed by atoms with Crippen LogP contribution in [0.15, 0.2) is 74.4 Å². The molecule has 0 radical (unpaired) electrons. The van der Waals surface area contributed by atoms with Gasteiger partial charge in [-0.15, -0.1) is 21.5 Å². The Labute approximate surface area is 191 Å². The third-order valence-electron chi connectivity index (χ3n) is 4.73. The van der Waals surface area contributed by atoms with Crippen molar-refractivity contribution in [3.63, 3.8) is 0 Å². The molecule has 0 saturated carbocycles. The van der Waals surface area contributed by atoms with Crippen molar-refractivity contribution in [2.75, 3.05) is 6.61 Å². The fraction of sp³-hybridized carbons (Fsp3) is 0.130. The van der Waals surface area contributed by atoms with Gasteiger partial charge in [0.15, 0.2) is 0 Å². The summed E-state index contributed by atoms with van der Waals surface area (Å²) in [6, 6.07) is 17.4. The second-order valence-corrected chi connectivity index (χ2v) is 8.58. The molecule has 160 valence electrons. The Bertz CT molecular complexity index is 1430. The number of aromatic amines is 1. The van der Waals surface area contributed by atoms with Gasteiger partial charge in [0.25, 0.3) is 16.7 Å². The molecule has 0 aliphatic rings. The van der Waals surface area contributed by atoms with Crippen LogP contribution in [0, 0.1) is 0 Å². The third-order valence-corrected chi connectivity index (χ3v) is 6.44. The number of hydrogen-bond acceptors (Lipinski definition) is 8. The smallest absolute Gasteiger partial charge is 0.277 e. The van der Waals surface area contributed by atoms with Crippen LogP contribution in [0.3, 0.4) is 0 Å². The zero-order chi connectivity index (χ0) is 21.9. The van der Waals surface area contributed by atoms with Crippen molar-refractivity contribution < 1.29 is 9.15 Å². The van der Waals surface area contributed by atoms with Crippen molar-refractivity contribution in [3.8, 4) is 28.3 Å². The van der Waals surface area contributed by atoms with Gasteiger partial charge >= 0.3 is 0 Å². The topological polar surface area (TPSA) is 93.9 Å². The number of thiophene rings is 1. The standard InChI is InChI=1S/C23H18N4O3S2/c1-2-29-17-11-7-6-10-15(17)21-26-27-23(30-21)32-13-18-24-20(28)19-16(12-31-22(19)25-18)14-8-4-3-5-9-14/h3-12H,2,13H2,1H3,(H,24,25,28). The molecule has 9 heteroatoms. The fourth-order valence-electron chi connectivity index (χ4n) is 3.32. The molecule has 2 aromatic carbocycles. The highest BCUT2D eigenvalue weighted by molar-refractivity contribution is 7.98. The van der Waals surface area contributed by atoms with Crippen molar-refractivity contribution >= 4 is 33.3 Å². The van der Waals surface area contributed by atoms with E-state index >= 15 is 0 Å². The van der Waals surface area contributed by atoms with Gasteiger partial charge in [-0.3, -0.25) is 4.79 Å². The van der Waals surface area contributed by atoms with Gasteiger partial charge in [0, 0.05) is 10.9 Å². The molecule has 0 aliphatic carbocycles. The molecule has 5 rings (SSSR count). The first-order valence-electron chi connectivity index (χ1n) is 9.97. The summed E-state index contributed by atoms with van der Waals surface area (Å²) in [6.45, 7) is 2.47. The molecule has 0 bridgehead atoms. The lowest BCUT2D eigenvalue weighted by Gasteiger charge is -2.06. The van der Waals surface area contributed by atoms with E-state index in [1.54, 1.807) is 0 Å². The van der Waals surface area contributed by atoms with E-state index in [1.165, 1.54) is 23.1 Å². The van der Waals surface area contributed by atoms with Gasteiger partial charge in [0.05, 0.1) is 23.3 Å². The lowest BCUT2D eigenvalue weighted by molar-refractivity contribution is 0.340. The largest absolute Gasteiger partial charge is 0.493 e. The number of para-hydroxylation sites is 1. The average Bonchev–Trinajstić information content (AvgIpc) is 3.46. The molecule has 0 aliphatic heterocycles. The molecule has 0 saturated heterocycles. The van der Waals surface area contributed by atoms with E-state index in [9.17, 15) is 4.79 Å². The SMILES string of the molecule is CCOc1ccccc1-c1nnc(SCc2nc3scc(-c4ccccc4)c3c(=O)[nH]2)o1. The minimum Gasteiger partial charge on any atom is -0.493 e. The molecule has 3 heterocycles. The molecule has 3 aromatic heterocycles. The van der Waals surface area contributed by atoms with Crippen LogP contribution in [-0.2, 0) is 5.75 Å². The molecule has 5 aromatic rings. The third kappa shape index (κ3) is 4.04. The summed E-state index contributed by atoms with van der Waals surface area (Å²) in [6.07, 6.45) is 0. The Kier molecular flexibility index (Phi) is 5.74. The molecule has 0 amide bonds. The molecule has 1 N–H and O–H groups in total. The Morgan fingerprint density at radius 2 is 1.88 bits per heavy atom. The molecular weight excluding hydrogens is 444 g/mol. The molecule has 7 nitrogen and oxygen atoms in total. The van der Waals surface area contributed by atoms with Crippen LogP contribution in [0.2, 0.25) is 0 Å². The van der Waals surface area contributed by atoms with Gasteiger partial charge < -0.3 is 14.1 Å². The fourth-order valence-corrected chi connectivity index (χ4v) is 4.92. The number of nitrogens with one attached hydrogen (secondary N) is 1. The van der Waals surface area contributed by atoms with Crippen molar-refractivity contribution in [1.82, 2.24) is 20.2 Å². The number of fused-ring (bicyclic) bond motifs is 1. The Balaban J connectivity index is 1.36. The van der Waals surface area contributed by atoms with E-state index in [0.29, 0.717) is 45.3 Å². The molecule has 0 spiro atoms. The highest BCUT2D eigenvalue weighted by Gasteiger charge is 2.16. The van der Waals surface area contributed by atoms with Gasteiger partial charge in [-0.1, -0.05) is 54.2 Å². The maximum absolute atomic E-state index is 12.8. The molecule has 32 heavy (non-hydrogen) atoms. The van der Waals surface area contributed by atoms with E-state index in [4.69, 9.17) is 9.15 Å². The van der Waals surface area contributed by atoms with Crippen LogP contribution in [0.5, 0.6) is 5.75 Å². The zero-order valence-corrected chi connectivity index (χ0v) is 18.7. The minimum atomic E-state index is -0.150. The zero-order valence-electron chi connectivity index (χ0n) is 17.1. The highest BCUT2D eigenvalue weighted by atomic mass is 32.2. The van der Waals surface area contributed by atoms with Crippen LogP contribution in [0.1, 0.15) is 12.7 Å². The summed E-state index contributed by atoms with van der Waals surface area (Å²) < 4.78 is 11.4. The summed E-state index contributed by atoms with van der Waals surface area (Å²) in [5.41, 5.74) is 2.49. The van der Waals surface area contributed by atoms with E-state index in [2.05, 4.69) is 20.2 Å². The van der Waals surface area contributed by atoms with Crippen LogP contribution in [0.4, 0.5) is 0 Å². The quantitative estimate of drug-likeness (QED) is 0.324. The predicted octanol–water partition coefficient (Wildman–Crippen LogP) is 5.39.